The van der Waals surface area contributed by atoms with Crippen molar-refractivity contribution in [1.82, 2.24) is 9.29 Å². The third kappa shape index (κ3) is 7.43. The molecule has 1 aliphatic rings. The first-order valence-electron chi connectivity index (χ1n) is 11.4. The Hall–Kier alpha value is -2.25. The van der Waals surface area contributed by atoms with Gasteiger partial charge in [-0.15, -0.1) is 0 Å². The van der Waals surface area contributed by atoms with Gasteiger partial charge in [-0.2, -0.15) is 0 Å². The highest BCUT2D eigenvalue weighted by Gasteiger charge is 2.16. The number of nitrogens with two attached hydrogens (primary N) is 1. The molecule has 4 N–H and O–H groups in total. The molecule has 1 aromatic carbocycles. The summed E-state index contributed by atoms with van der Waals surface area (Å²) in [6.07, 6.45) is 10.5. The third-order valence-corrected chi connectivity index (χ3v) is 6.18. The summed E-state index contributed by atoms with van der Waals surface area (Å²) in [7, 11) is 0. The van der Waals surface area contributed by atoms with Gasteiger partial charge in [-0.3, -0.25) is 9.30 Å². The highest BCUT2D eigenvalue weighted by Crippen LogP contribution is 2.27. The molecule has 0 saturated carbocycles. The Balaban J connectivity index is 1.59. The van der Waals surface area contributed by atoms with Crippen LogP contribution in [0.15, 0.2) is 40.3 Å². The maximum Gasteiger partial charge on any atom is 0.141 e. The van der Waals surface area contributed by atoms with Crippen LogP contribution in [0.1, 0.15) is 51.0 Å². The van der Waals surface area contributed by atoms with Crippen molar-refractivity contribution < 1.29 is 0 Å². The number of aromatic amines is 1. The standard InChI is InChI=1S/C24H36N6S/c1-2-3-4-5-12-26-17-21-15-23(29-24(21)28-18-25)20-6-8-22(9-7-20)27-16-19-10-13-30(31)14-11-19/h6-9,15,17-19,27,29,31H,2-5,10-14,16H2,1H3,(H2,25,28). The zero-order valence-corrected chi connectivity index (χ0v) is 19.5. The minimum atomic E-state index is 0.715. The molecular formula is C24H36N6S. The predicted octanol–water partition coefficient (Wildman–Crippen LogP) is 5.27. The van der Waals surface area contributed by atoms with Crippen molar-refractivity contribution in [3.8, 4) is 11.3 Å². The molecule has 0 radical (unpaired) electrons. The van der Waals surface area contributed by atoms with Crippen LogP contribution in [0.2, 0.25) is 0 Å². The average Bonchev–Trinajstić information content (AvgIpc) is 3.19. The van der Waals surface area contributed by atoms with E-state index >= 15 is 0 Å². The SMILES string of the molecule is CCCCCCN=Cc1cc(-c2ccc(NCC3CCN(S)CC3)cc2)[nH]c1/N=C\N. The Kier molecular flexibility index (Phi) is 9.49. The van der Waals surface area contributed by atoms with Crippen LogP contribution in [0.3, 0.4) is 0 Å². The van der Waals surface area contributed by atoms with Crippen molar-refractivity contribution in [2.24, 2.45) is 21.6 Å². The summed E-state index contributed by atoms with van der Waals surface area (Å²) in [5.41, 5.74) is 9.78. The highest BCUT2D eigenvalue weighted by molar-refractivity contribution is 7.77. The molecule has 7 heteroatoms. The number of anilines is 1. The van der Waals surface area contributed by atoms with Gasteiger partial charge in [0.1, 0.15) is 5.82 Å². The molecule has 3 rings (SSSR count). The largest absolute Gasteiger partial charge is 0.390 e. The maximum absolute atomic E-state index is 5.54. The lowest BCUT2D eigenvalue weighted by atomic mass is 9.98. The monoisotopic (exact) mass is 440 g/mol. The number of nitrogens with one attached hydrogen (secondary N) is 2. The van der Waals surface area contributed by atoms with E-state index in [1.54, 1.807) is 0 Å². The molecule has 2 aromatic rings. The van der Waals surface area contributed by atoms with Crippen LogP contribution in [0.25, 0.3) is 11.3 Å². The Morgan fingerprint density at radius 3 is 2.68 bits per heavy atom. The molecule has 6 nitrogen and oxygen atoms in total. The first kappa shape index (κ1) is 23.4. The summed E-state index contributed by atoms with van der Waals surface area (Å²) < 4.78 is 2.11. The van der Waals surface area contributed by atoms with E-state index in [-0.39, 0.29) is 0 Å². The van der Waals surface area contributed by atoms with Crippen LogP contribution in [0, 0.1) is 5.92 Å². The summed E-state index contributed by atoms with van der Waals surface area (Å²) in [5, 5.41) is 3.58. The smallest absolute Gasteiger partial charge is 0.141 e. The molecule has 31 heavy (non-hydrogen) atoms. The normalized spacial score (nSPS) is 15.9. The van der Waals surface area contributed by atoms with E-state index in [0.29, 0.717) is 5.92 Å². The summed E-state index contributed by atoms with van der Waals surface area (Å²) in [6.45, 7) is 6.22. The fourth-order valence-corrected chi connectivity index (χ4v) is 4.07. The number of aromatic nitrogens is 1. The quantitative estimate of drug-likeness (QED) is 0.166. The van der Waals surface area contributed by atoms with Crippen LogP contribution < -0.4 is 11.1 Å². The molecule has 0 aliphatic carbocycles. The lowest BCUT2D eigenvalue weighted by Crippen LogP contribution is -2.30. The summed E-state index contributed by atoms with van der Waals surface area (Å²) in [4.78, 5) is 12.2. The molecule has 1 saturated heterocycles. The zero-order chi connectivity index (χ0) is 21.9. The molecule has 0 amide bonds. The van der Waals surface area contributed by atoms with Gasteiger partial charge < -0.3 is 16.0 Å². The number of rotatable bonds is 11. The van der Waals surface area contributed by atoms with E-state index in [2.05, 4.69) is 74.7 Å². The summed E-state index contributed by atoms with van der Waals surface area (Å²) in [6, 6.07) is 10.6. The summed E-state index contributed by atoms with van der Waals surface area (Å²) >= 11 is 4.43. The van der Waals surface area contributed by atoms with E-state index in [1.165, 1.54) is 38.4 Å². The molecule has 168 valence electrons. The van der Waals surface area contributed by atoms with Gasteiger partial charge >= 0.3 is 0 Å². The van der Waals surface area contributed by atoms with E-state index in [9.17, 15) is 0 Å². The van der Waals surface area contributed by atoms with Crippen molar-refractivity contribution in [2.45, 2.75) is 45.4 Å². The number of H-pyrrole nitrogens is 1. The Morgan fingerprint density at radius 1 is 1.19 bits per heavy atom. The second-order valence-corrected chi connectivity index (χ2v) is 8.78. The van der Waals surface area contributed by atoms with E-state index in [1.807, 2.05) is 6.21 Å². The van der Waals surface area contributed by atoms with Crippen LogP contribution in [-0.4, -0.2) is 48.0 Å². The Bertz CT molecular complexity index is 834. The van der Waals surface area contributed by atoms with E-state index in [4.69, 9.17) is 5.73 Å². The number of piperidine rings is 1. The molecule has 0 atom stereocenters. The second kappa shape index (κ2) is 12.6. The van der Waals surface area contributed by atoms with Crippen molar-refractivity contribution in [3.63, 3.8) is 0 Å². The van der Waals surface area contributed by atoms with Crippen LogP contribution in [0.4, 0.5) is 11.5 Å². The third-order valence-electron chi connectivity index (χ3n) is 5.78. The molecular weight excluding hydrogens is 404 g/mol. The summed E-state index contributed by atoms with van der Waals surface area (Å²) in [5.74, 6) is 1.46. The number of thiol groups is 1. The fraction of sp³-hybridized carbons (Fsp3) is 0.500. The minimum Gasteiger partial charge on any atom is -0.390 e. The van der Waals surface area contributed by atoms with Crippen molar-refractivity contribution in [3.05, 3.63) is 35.9 Å². The van der Waals surface area contributed by atoms with Gasteiger partial charge in [0.2, 0.25) is 0 Å². The molecule has 1 aromatic heterocycles. The number of hydrogen-bond acceptors (Lipinski definition) is 5. The fourth-order valence-electron chi connectivity index (χ4n) is 3.84. The minimum absolute atomic E-state index is 0.715. The first-order chi connectivity index (χ1) is 15.2. The number of unbranched alkanes of at least 4 members (excludes halogenated alkanes) is 3. The number of benzene rings is 1. The van der Waals surface area contributed by atoms with Gasteiger partial charge in [-0.25, -0.2) is 4.99 Å². The number of hydrogen-bond donors (Lipinski definition) is 4. The van der Waals surface area contributed by atoms with Crippen LogP contribution >= 0.6 is 12.8 Å². The second-order valence-electron chi connectivity index (χ2n) is 8.22. The van der Waals surface area contributed by atoms with E-state index < -0.39 is 0 Å². The van der Waals surface area contributed by atoms with Gasteiger partial charge in [0, 0.05) is 49.3 Å². The lowest BCUT2D eigenvalue weighted by Gasteiger charge is -2.28. The van der Waals surface area contributed by atoms with Crippen molar-refractivity contribution in [2.75, 3.05) is 31.5 Å². The molecule has 2 heterocycles. The van der Waals surface area contributed by atoms with Gasteiger partial charge in [-0.05, 0) is 48.9 Å². The van der Waals surface area contributed by atoms with Crippen molar-refractivity contribution in [1.29, 1.82) is 0 Å². The highest BCUT2D eigenvalue weighted by atomic mass is 32.1. The molecule has 0 spiro atoms. The number of aliphatic imine (C=N–C) groups is 2. The molecule has 1 fully saturated rings. The van der Waals surface area contributed by atoms with Gasteiger partial charge in [0.05, 0.1) is 6.34 Å². The van der Waals surface area contributed by atoms with Crippen molar-refractivity contribution >= 4 is 36.9 Å². The Labute approximate surface area is 192 Å². The zero-order valence-electron chi connectivity index (χ0n) is 18.6. The maximum atomic E-state index is 5.54. The van der Waals surface area contributed by atoms with Crippen LogP contribution in [-0.2, 0) is 0 Å². The molecule has 1 aliphatic heterocycles. The lowest BCUT2D eigenvalue weighted by molar-refractivity contribution is 0.304. The van der Waals surface area contributed by atoms with Crippen LogP contribution in [0.5, 0.6) is 0 Å². The van der Waals surface area contributed by atoms with Gasteiger partial charge in [0.15, 0.2) is 0 Å². The topological polar surface area (TPSA) is 81.8 Å². The predicted molar refractivity (Wildman–Crippen MR) is 137 cm³/mol. The Morgan fingerprint density at radius 2 is 1.97 bits per heavy atom. The molecule has 0 unspecified atom stereocenters. The van der Waals surface area contributed by atoms with E-state index in [0.717, 1.165) is 60.9 Å². The molecule has 0 bridgehead atoms. The van der Waals surface area contributed by atoms with Gasteiger partial charge in [0.25, 0.3) is 0 Å². The first-order valence-corrected chi connectivity index (χ1v) is 11.8. The number of nitrogens with zero attached hydrogens (tertiary/aromatic N) is 3. The average molecular weight is 441 g/mol. The van der Waals surface area contributed by atoms with Gasteiger partial charge in [-0.1, -0.05) is 51.1 Å².